The lowest BCUT2D eigenvalue weighted by Crippen LogP contribution is -2.48. The van der Waals surface area contributed by atoms with Crippen molar-refractivity contribution >= 4 is 27.3 Å². The number of rotatable bonds is 5. The normalized spacial score (nSPS) is 13.2. The van der Waals surface area contributed by atoms with E-state index in [0.717, 1.165) is 0 Å². The second-order valence-electron chi connectivity index (χ2n) is 5.67. The first-order valence-electron chi connectivity index (χ1n) is 6.45. The summed E-state index contributed by atoms with van der Waals surface area (Å²) in [5.74, 6) is 0. The molecule has 0 spiro atoms. The Morgan fingerprint density at radius 2 is 2.05 bits per heavy atom. The van der Waals surface area contributed by atoms with Crippen LogP contribution in [0.4, 0.5) is 0 Å². The molecule has 2 aromatic heterocycles. The number of aromatic nitrogens is 2. The van der Waals surface area contributed by atoms with Crippen LogP contribution in [-0.2, 0) is 10.0 Å². The second kappa shape index (κ2) is 5.57. The van der Waals surface area contributed by atoms with E-state index in [1.54, 1.807) is 24.4 Å². The summed E-state index contributed by atoms with van der Waals surface area (Å²) < 4.78 is 29.1. The van der Waals surface area contributed by atoms with Crippen molar-refractivity contribution in [3.8, 4) is 0 Å². The molecule has 1 N–H and O–H groups in total. The molecule has 0 aromatic carbocycles. The van der Waals surface area contributed by atoms with Gasteiger partial charge in [-0.3, -0.25) is 4.40 Å². The van der Waals surface area contributed by atoms with Gasteiger partial charge in [0, 0.05) is 18.3 Å². The maximum atomic E-state index is 12.5. The van der Waals surface area contributed by atoms with E-state index in [4.69, 9.17) is 11.6 Å². The summed E-state index contributed by atoms with van der Waals surface area (Å²) >= 11 is 6.00. The topological polar surface area (TPSA) is 66.7 Å². The number of fused-ring (bicyclic) bond motifs is 1. The number of pyridine rings is 1. The molecule has 0 amide bonds. The molecule has 0 saturated heterocycles. The number of sulfonamides is 1. The highest BCUT2D eigenvalue weighted by molar-refractivity contribution is 7.89. The van der Waals surface area contributed by atoms with Gasteiger partial charge in [0.15, 0.2) is 10.2 Å². The summed E-state index contributed by atoms with van der Waals surface area (Å²) in [6.07, 6.45) is 1.62. The molecule has 0 aliphatic rings. The van der Waals surface area contributed by atoms with Crippen molar-refractivity contribution in [2.45, 2.75) is 24.4 Å². The second-order valence-corrected chi connectivity index (χ2v) is 7.71. The van der Waals surface area contributed by atoms with E-state index in [9.17, 15) is 8.42 Å². The largest absolute Gasteiger partial charge is 0.303 e. The van der Waals surface area contributed by atoms with E-state index in [0.29, 0.717) is 5.65 Å². The van der Waals surface area contributed by atoms with Crippen LogP contribution in [0.15, 0.2) is 29.4 Å². The smallest absolute Gasteiger partial charge is 0.259 e. The predicted octanol–water partition coefficient (Wildman–Crippen LogP) is 1.61. The monoisotopic (exact) mass is 330 g/mol. The number of nitrogens with zero attached hydrogens (tertiary/aromatic N) is 3. The first-order valence-corrected chi connectivity index (χ1v) is 8.31. The molecular weight excluding hydrogens is 312 g/mol. The molecule has 116 valence electrons. The van der Waals surface area contributed by atoms with Gasteiger partial charge in [-0.1, -0.05) is 17.7 Å². The minimum absolute atomic E-state index is 0.0311. The highest BCUT2D eigenvalue weighted by Crippen LogP contribution is 2.22. The number of hydrogen-bond acceptors (Lipinski definition) is 4. The lowest BCUT2D eigenvalue weighted by molar-refractivity contribution is 0.199. The molecule has 0 atom stereocenters. The lowest BCUT2D eigenvalue weighted by Gasteiger charge is -2.32. The van der Waals surface area contributed by atoms with Crippen molar-refractivity contribution in [2.75, 3.05) is 20.6 Å². The Morgan fingerprint density at radius 1 is 1.38 bits per heavy atom. The summed E-state index contributed by atoms with van der Waals surface area (Å²) in [5, 5.41) is -0.0642. The number of likely N-dealkylation sites (N-methyl/N-ethyl adjacent to an activating group) is 1. The molecule has 0 aliphatic carbocycles. The Balaban J connectivity index is 2.37. The Bertz CT molecular complexity index is 753. The van der Waals surface area contributed by atoms with Crippen molar-refractivity contribution in [3.05, 3.63) is 29.5 Å². The van der Waals surface area contributed by atoms with Gasteiger partial charge in [0.2, 0.25) is 0 Å². The zero-order valence-corrected chi connectivity index (χ0v) is 14.0. The zero-order chi connectivity index (χ0) is 15.8. The Labute approximate surface area is 129 Å². The van der Waals surface area contributed by atoms with Crippen molar-refractivity contribution in [1.82, 2.24) is 19.0 Å². The van der Waals surface area contributed by atoms with Crippen molar-refractivity contribution in [2.24, 2.45) is 0 Å². The summed E-state index contributed by atoms with van der Waals surface area (Å²) in [7, 11) is 0.0475. The number of imidazole rings is 1. The van der Waals surface area contributed by atoms with Crippen molar-refractivity contribution in [1.29, 1.82) is 0 Å². The van der Waals surface area contributed by atoms with Crippen LogP contribution in [0.1, 0.15) is 13.8 Å². The van der Waals surface area contributed by atoms with E-state index in [-0.39, 0.29) is 22.3 Å². The fourth-order valence-electron chi connectivity index (χ4n) is 1.68. The summed E-state index contributed by atoms with van der Waals surface area (Å²) in [6.45, 7) is 4.16. The molecule has 2 aromatic rings. The van der Waals surface area contributed by atoms with E-state index in [1.165, 1.54) is 4.40 Å². The zero-order valence-electron chi connectivity index (χ0n) is 12.5. The molecule has 8 heteroatoms. The first-order chi connectivity index (χ1) is 9.65. The average molecular weight is 331 g/mol. The Kier molecular flexibility index (Phi) is 4.30. The molecule has 0 unspecified atom stereocenters. The lowest BCUT2D eigenvalue weighted by atomic mass is 10.1. The standard InChI is InChI=1S/C13H19ClN4O2S/c1-13(2,17(3)4)9-15-21(19,20)12-11(14)16-10-7-5-6-8-18(10)12/h5-8,15H,9H2,1-4H3. The van der Waals surface area contributed by atoms with Crippen LogP contribution in [0.2, 0.25) is 5.15 Å². The van der Waals surface area contributed by atoms with E-state index in [2.05, 4.69) is 9.71 Å². The fraction of sp³-hybridized carbons (Fsp3) is 0.462. The number of halogens is 1. The quantitative estimate of drug-likeness (QED) is 0.904. The van der Waals surface area contributed by atoms with E-state index >= 15 is 0 Å². The first kappa shape index (κ1) is 16.2. The number of nitrogens with one attached hydrogen (secondary N) is 1. The highest BCUT2D eigenvalue weighted by Gasteiger charge is 2.28. The van der Waals surface area contributed by atoms with Gasteiger partial charge < -0.3 is 4.90 Å². The molecule has 2 rings (SSSR count). The summed E-state index contributed by atoms with van der Waals surface area (Å²) in [4.78, 5) is 6.01. The van der Waals surface area contributed by atoms with Gasteiger partial charge in [0.05, 0.1) is 0 Å². The summed E-state index contributed by atoms with van der Waals surface area (Å²) in [6, 6.07) is 5.21. The maximum absolute atomic E-state index is 12.5. The SMILES string of the molecule is CN(C)C(C)(C)CNS(=O)(=O)c1c(Cl)nc2ccccn12. The molecule has 0 saturated carbocycles. The molecule has 0 radical (unpaired) electrons. The van der Waals surface area contributed by atoms with Gasteiger partial charge in [-0.25, -0.2) is 18.1 Å². The minimum Gasteiger partial charge on any atom is -0.303 e. The average Bonchev–Trinajstić information content (AvgIpc) is 2.73. The molecular formula is C13H19ClN4O2S. The highest BCUT2D eigenvalue weighted by atomic mass is 35.5. The minimum atomic E-state index is -3.75. The van der Waals surface area contributed by atoms with Gasteiger partial charge in [-0.05, 0) is 40.1 Å². The van der Waals surface area contributed by atoms with E-state index < -0.39 is 10.0 Å². The van der Waals surface area contributed by atoms with Gasteiger partial charge in [0.25, 0.3) is 10.0 Å². The van der Waals surface area contributed by atoms with Crippen LogP contribution in [0.3, 0.4) is 0 Å². The van der Waals surface area contributed by atoms with Gasteiger partial charge >= 0.3 is 0 Å². The number of hydrogen-bond donors (Lipinski definition) is 1. The molecule has 2 heterocycles. The third-order valence-electron chi connectivity index (χ3n) is 3.61. The maximum Gasteiger partial charge on any atom is 0.259 e. The fourth-order valence-corrected chi connectivity index (χ4v) is 3.53. The van der Waals surface area contributed by atoms with Crippen LogP contribution in [-0.4, -0.2) is 48.9 Å². The van der Waals surface area contributed by atoms with Crippen LogP contribution < -0.4 is 4.72 Å². The Morgan fingerprint density at radius 3 is 2.67 bits per heavy atom. The van der Waals surface area contributed by atoms with Crippen molar-refractivity contribution < 1.29 is 8.42 Å². The van der Waals surface area contributed by atoms with Crippen LogP contribution >= 0.6 is 11.6 Å². The van der Waals surface area contributed by atoms with Crippen molar-refractivity contribution in [3.63, 3.8) is 0 Å². The third kappa shape index (κ3) is 3.21. The van der Waals surface area contributed by atoms with Gasteiger partial charge in [-0.2, -0.15) is 0 Å². The summed E-state index contributed by atoms with van der Waals surface area (Å²) in [5.41, 5.74) is 0.176. The molecule has 0 fully saturated rings. The van der Waals surface area contributed by atoms with Gasteiger partial charge in [-0.15, -0.1) is 0 Å². The molecule has 0 bridgehead atoms. The van der Waals surface area contributed by atoms with Gasteiger partial charge in [0.1, 0.15) is 5.65 Å². The van der Waals surface area contributed by atoms with E-state index in [1.807, 2.05) is 32.8 Å². The predicted molar refractivity (Wildman–Crippen MR) is 83.2 cm³/mol. The molecule has 6 nitrogen and oxygen atoms in total. The molecule has 21 heavy (non-hydrogen) atoms. The molecule has 0 aliphatic heterocycles. The van der Waals surface area contributed by atoms with Crippen LogP contribution in [0.5, 0.6) is 0 Å². The van der Waals surface area contributed by atoms with Crippen LogP contribution in [0, 0.1) is 0 Å². The van der Waals surface area contributed by atoms with Crippen LogP contribution in [0.25, 0.3) is 5.65 Å². The Hall–Kier alpha value is -1.15. The third-order valence-corrected chi connectivity index (χ3v) is 5.41.